The molecule has 1 heterocycles. The van der Waals surface area contributed by atoms with Crippen molar-refractivity contribution in [3.05, 3.63) is 0 Å². The maximum Gasteiger partial charge on any atom is 0.249 e. The third kappa shape index (κ3) is 4.45. The van der Waals surface area contributed by atoms with Crippen molar-refractivity contribution in [3.8, 4) is 0 Å². The van der Waals surface area contributed by atoms with Gasteiger partial charge in [-0.2, -0.15) is 0 Å². The number of rotatable bonds is 6. The molecule has 4 heteroatoms. The summed E-state index contributed by atoms with van der Waals surface area (Å²) in [7, 11) is 0. The van der Waals surface area contributed by atoms with E-state index in [9.17, 15) is 4.79 Å². The average Bonchev–Trinajstić information content (AvgIpc) is 2.96. The Labute approximate surface area is 123 Å². The van der Waals surface area contributed by atoms with Gasteiger partial charge in [0.2, 0.25) is 5.91 Å². The molecule has 116 valence electrons. The second kappa shape index (κ2) is 7.41. The van der Waals surface area contributed by atoms with E-state index < -0.39 is 0 Å². The minimum absolute atomic E-state index is 0.0826. The van der Waals surface area contributed by atoms with E-state index in [-0.39, 0.29) is 17.4 Å². The predicted molar refractivity (Wildman–Crippen MR) is 80.6 cm³/mol. The van der Waals surface area contributed by atoms with E-state index in [1.165, 1.54) is 12.8 Å². The van der Waals surface area contributed by atoms with Gasteiger partial charge in [0.25, 0.3) is 0 Å². The van der Waals surface area contributed by atoms with Gasteiger partial charge in [-0.05, 0) is 50.6 Å². The van der Waals surface area contributed by atoms with Crippen LogP contribution in [0.15, 0.2) is 0 Å². The zero-order valence-corrected chi connectivity index (χ0v) is 13.0. The van der Waals surface area contributed by atoms with E-state index in [0.717, 1.165) is 51.7 Å². The van der Waals surface area contributed by atoms with Gasteiger partial charge in [-0.3, -0.25) is 4.79 Å². The van der Waals surface area contributed by atoms with Crippen molar-refractivity contribution >= 4 is 5.91 Å². The number of nitrogens with one attached hydrogen (secondary N) is 2. The van der Waals surface area contributed by atoms with E-state index >= 15 is 0 Å². The van der Waals surface area contributed by atoms with Gasteiger partial charge >= 0.3 is 0 Å². The van der Waals surface area contributed by atoms with E-state index in [2.05, 4.69) is 17.6 Å². The topological polar surface area (TPSA) is 50.4 Å². The fourth-order valence-corrected chi connectivity index (χ4v) is 3.22. The molecular weight excluding hydrogens is 252 g/mol. The summed E-state index contributed by atoms with van der Waals surface area (Å²) in [5.74, 6) is 0.0826. The second-order valence-electron chi connectivity index (χ2n) is 6.72. The molecule has 1 saturated heterocycles. The molecule has 0 aromatic heterocycles. The Morgan fingerprint density at radius 1 is 1.35 bits per heavy atom. The molecule has 2 N–H and O–H groups in total. The molecule has 0 aromatic carbocycles. The normalized spacial score (nSPS) is 24.5. The smallest absolute Gasteiger partial charge is 0.249 e. The molecule has 20 heavy (non-hydrogen) atoms. The third-order valence-electron chi connectivity index (χ3n) is 4.82. The summed E-state index contributed by atoms with van der Waals surface area (Å²) in [5, 5.41) is 6.50. The number of carbonyl (C=O) groups excluding carboxylic acids is 1. The minimum atomic E-state index is -0.261. The van der Waals surface area contributed by atoms with Crippen LogP contribution in [0.2, 0.25) is 0 Å². The maximum absolute atomic E-state index is 12.3. The molecule has 1 saturated carbocycles. The summed E-state index contributed by atoms with van der Waals surface area (Å²) in [6, 6.07) is 0. The number of carbonyl (C=O) groups is 1. The number of amides is 1. The van der Waals surface area contributed by atoms with Gasteiger partial charge in [0, 0.05) is 6.54 Å². The molecule has 2 fully saturated rings. The summed E-state index contributed by atoms with van der Waals surface area (Å²) in [5.41, 5.74) is 0.243. The van der Waals surface area contributed by atoms with Gasteiger partial charge in [0.1, 0.15) is 6.10 Å². The van der Waals surface area contributed by atoms with Crippen molar-refractivity contribution in [2.24, 2.45) is 5.41 Å². The van der Waals surface area contributed by atoms with Gasteiger partial charge in [0.05, 0.1) is 6.10 Å². The van der Waals surface area contributed by atoms with Crippen LogP contribution in [-0.4, -0.2) is 37.7 Å². The minimum Gasteiger partial charge on any atom is -0.365 e. The molecule has 1 unspecified atom stereocenters. The van der Waals surface area contributed by atoms with E-state index in [0.29, 0.717) is 6.10 Å². The van der Waals surface area contributed by atoms with Crippen LogP contribution in [0.4, 0.5) is 0 Å². The quantitative estimate of drug-likeness (QED) is 0.785. The van der Waals surface area contributed by atoms with Crippen molar-refractivity contribution in [1.29, 1.82) is 0 Å². The van der Waals surface area contributed by atoms with Gasteiger partial charge in [-0.25, -0.2) is 0 Å². The number of piperidine rings is 1. The average molecular weight is 282 g/mol. The molecular formula is C16H30N2O2. The van der Waals surface area contributed by atoms with Crippen molar-refractivity contribution in [3.63, 3.8) is 0 Å². The van der Waals surface area contributed by atoms with E-state index in [1.54, 1.807) is 0 Å². The highest BCUT2D eigenvalue weighted by Gasteiger charge is 2.29. The fourth-order valence-electron chi connectivity index (χ4n) is 3.22. The first-order valence-corrected chi connectivity index (χ1v) is 8.27. The van der Waals surface area contributed by atoms with Crippen LogP contribution in [0.5, 0.6) is 0 Å². The molecule has 2 rings (SSSR count). The van der Waals surface area contributed by atoms with E-state index in [4.69, 9.17) is 4.74 Å². The molecule has 0 bridgehead atoms. The van der Waals surface area contributed by atoms with Crippen LogP contribution in [0.3, 0.4) is 0 Å². The van der Waals surface area contributed by atoms with Crippen molar-refractivity contribution in [2.75, 3.05) is 19.6 Å². The first kappa shape index (κ1) is 15.8. The van der Waals surface area contributed by atoms with Crippen molar-refractivity contribution < 1.29 is 9.53 Å². The predicted octanol–water partition coefficient (Wildman–Crippen LogP) is 2.23. The lowest BCUT2D eigenvalue weighted by Gasteiger charge is -2.34. The molecule has 2 aliphatic rings. The molecule has 1 aliphatic heterocycles. The molecule has 1 atom stereocenters. The Bertz CT molecular complexity index is 308. The summed E-state index contributed by atoms with van der Waals surface area (Å²) >= 11 is 0. The zero-order chi connectivity index (χ0) is 14.4. The SMILES string of the molecule is CCC(OC1CCCC1)C(=O)NCC1(C)CCNCC1. The van der Waals surface area contributed by atoms with Gasteiger partial charge in [0.15, 0.2) is 0 Å². The van der Waals surface area contributed by atoms with Crippen LogP contribution < -0.4 is 10.6 Å². The van der Waals surface area contributed by atoms with E-state index in [1.807, 2.05) is 6.92 Å². The largest absolute Gasteiger partial charge is 0.365 e. The lowest BCUT2D eigenvalue weighted by Crippen LogP contribution is -2.46. The van der Waals surface area contributed by atoms with Gasteiger partial charge < -0.3 is 15.4 Å². The van der Waals surface area contributed by atoms with Crippen molar-refractivity contribution in [1.82, 2.24) is 10.6 Å². The lowest BCUT2D eigenvalue weighted by molar-refractivity contribution is -0.137. The highest BCUT2D eigenvalue weighted by atomic mass is 16.5. The molecule has 4 nitrogen and oxygen atoms in total. The number of hydrogen-bond donors (Lipinski definition) is 2. The Balaban J connectivity index is 1.76. The molecule has 1 aliphatic carbocycles. The maximum atomic E-state index is 12.3. The third-order valence-corrected chi connectivity index (χ3v) is 4.82. The summed E-state index contributed by atoms with van der Waals surface area (Å²) < 4.78 is 5.97. The lowest BCUT2D eigenvalue weighted by atomic mass is 9.81. The number of hydrogen-bond acceptors (Lipinski definition) is 3. The van der Waals surface area contributed by atoms with Crippen LogP contribution in [0.25, 0.3) is 0 Å². The first-order chi connectivity index (χ1) is 9.63. The summed E-state index contributed by atoms with van der Waals surface area (Å²) in [6.07, 6.45) is 7.80. The van der Waals surface area contributed by atoms with Crippen LogP contribution in [0, 0.1) is 5.41 Å². The summed E-state index contributed by atoms with van der Waals surface area (Å²) in [4.78, 5) is 12.3. The Kier molecular flexibility index (Phi) is 5.85. The highest BCUT2D eigenvalue weighted by molar-refractivity contribution is 5.80. The zero-order valence-electron chi connectivity index (χ0n) is 13.0. The second-order valence-corrected chi connectivity index (χ2v) is 6.72. The number of ether oxygens (including phenoxy) is 1. The monoisotopic (exact) mass is 282 g/mol. The standard InChI is InChI=1S/C16H30N2O2/c1-3-14(20-13-6-4-5-7-13)15(19)18-12-16(2)8-10-17-11-9-16/h13-14,17H,3-12H2,1-2H3,(H,18,19). The fraction of sp³-hybridized carbons (Fsp3) is 0.938. The van der Waals surface area contributed by atoms with Crippen molar-refractivity contribution in [2.45, 2.75) is 71.0 Å². The van der Waals surface area contributed by atoms with Gasteiger partial charge in [-0.15, -0.1) is 0 Å². The summed E-state index contributed by atoms with van der Waals surface area (Å²) in [6.45, 7) is 7.20. The molecule has 0 radical (unpaired) electrons. The van der Waals surface area contributed by atoms with Crippen LogP contribution in [0.1, 0.15) is 58.8 Å². The molecule has 1 amide bonds. The Hall–Kier alpha value is -0.610. The highest BCUT2D eigenvalue weighted by Crippen LogP contribution is 2.27. The Morgan fingerprint density at radius 2 is 2.00 bits per heavy atom. The van der Waals surface area contributed by atoms with Gasteiger partial charge in [-0.1, -0.05) is 26.7 Å². The molecule has 0 aromatic rings. The van der Waals surface area contributed by atoms with Crippen LogP contribution in [-0.2, 0) is 9.53 Å². The van der Waals surface area contributed by atoms with Crippen LogP contribution >= 0.6 is 0 Å². The Morgan fingerprint density at radius 3 is 2.60 bits per heavy atom. The first-order valence-electron chi connectivity index (χ1n) is 8.27. The molecule has 0 spiro atoms.